The first-order valence-electron chi connectivity index (χ1n) is 3.40. The molecule has 2 heteroatoms. The van der Waals surface area contributed by atoms with Crippen LogP contribution in [0.4, 0.5) is 0 Å². The van der Waals surface area contributed by atoms with Gasteiger partial charge in [-0.05, 0) is 6.92 Å². The fraction of sp³-hybridized carbons (Fsp3) is 0.714. The lowest BCUT2D eigenvalue weighted by atomic mass is 10.4. The SMILES string of the molecule is C1CNCCN1.C=CC. The van der Waals surface area contributed by atoms with E-state index in [0.29, 0.717) is 0 Å². The van der Waals surface area contributed by atoms with Crippen LogP contribution >= 0.6 is 0 Å². The second kappa shape index (κ2) is 7.66. The van der Waals surface area contributed by atoms with Crippen molar-refractivity contribution in [1.82, 2.24) is 10.6 Å². The number of hydrogen-bond donors (Lipinski definition) is 2. The molecule has 1 rings (SSSR count). The quantitative estimate of drug-likeness (QED) is 0.461. The van der Waals surface area contributed by atoms with Crippen molar-refractivity contribution in [2.24, 2.45) is 0 Å². The Kier molecular flexibility index (Phi) is 7.37. The Balaban J connectivity index is 0.000000187. The summed E-state index contributed by atoms with van der Waals surface area (Å²) in [5.41, 5.74) is 0. The van der Waals surface area contributed by atoms with Gasteiger partial charge in [0.25, 0.3) is 0 Å². The summed E-state index contributed by atoms with van der Waals surface area (Å²) in [6.45, 7) is 9.81. The fourth-order valence-corrected chi connectivity index (χ4v) is 0.604. The molecule has 0 atom stereocenters. The molecule has 1 aliphatic rings. The molecule has 9 heavy (non-hydrogen) atoms. The molecule has 2 N–H and O–H groups in total. The van der Waals surface area contributed by atoms with Gasteiger partial charge in [-0.25, -0.2) is 0 Å². The molecule has 1 fully saturated rings. The van der Waals surface area contributed by atoms with Crippen LogP contribution in [-0.2, 0) is 0 Å². The van der Waals surface area contributed by atoms with Crippen LogP contribution in [-0.4, -0.2) is 26.2 Å². The fourth-order valence-electron chi connectivity index (χ4n) is 0.604. The predicted molar refractivity (Wildman–Crippen MR) is 41.6 cm³/mol. The Labute approximate surface area is 57.3 Å². The van der Waals surface area contributed by atoms with E-state index in [2.05, 4.69) is 17.2 Å². The first kappa shape index (κ1) is 8.66. The molecule has 0 unspecified atom stereocenters. The molecule has 0 aliphatic carbocycles. The second-order valence-corrected chi connectivity index (χ2v) is 1.91. The topological polar surface area (TPSA) is 24.1 Å². The van der Waals surface area contributed by atoms with Crippen molar-refractivity contribution >= 4 is 0 Å². The zero-order valence-electron chi connectivity index (χ0n) is 6.11. The van der Waals surface area contributed by atoms with Gasteiger partial charge in [-0.2, -0.15) is 0 Å². The summed E-state index contributed by atoms with van der Waals surface area (Å²) in [5.74, 6) is 0. The lowest BCUT2D eigenvalue weighted by Gasteiger charge is -2.11. The van der Waals surface area contributed by atoms with E-state index in [9.17, 15) is 0 Å². The Morgan fingerprint density at radius 1 is 1.11 bits per heavy atom. The molecule has 0 saturated carbocycles. The Bertz CT molecular complexity index is 46.4. The van der Waals surface area contributed by atoms with Crippen LogP contribution in [0.2, 0.25) is 0 Å². The van der Waals surface area contributed by atoms with E-state index in [1.165, 1.54) is 0 Å². The van der Waals surface area contributed by atoms with Crippen molar-refractivity contribution in [2.45, 2.75) is 6.92 Å². The van der Waals surface area contributed by atoms with Gasteiger partial charge in [-0.15, -0.1) is 6.58 Å². The van der Waals surface area contributed by atoms with E-state index < -0.39 is 0 Å². The number of piperazine rings is 1. The third-order valence-corrected chi connectivity index (χ3v) is 0.957. The van der Waals surface area contributed by atoms with Gasteiger partial charge in [0.1, 0.15) is 0 Å². The third-order valence-electron chi connectivity index (χ3n) is 0.957. The molecule has 1 saturated heterocycles. The Hall–Kier alpha value is -0.340. The van der Waals surface area contributed by atoms with Crippen LogP contribution in [0.25, 0.3) is 0 Å². The smallest absolute Gasteiger partial charge is 0.00772 e. The van der Waals surface area contributed by atoms with Crippen molar-refractivity contribution < 1.29 is 0 Å². The lowest BCUT2D eigenvalue weighted by Crippen LogP contribution is -2.39. The van der Waals surface area contributed by atoms with Gasteiger partial charge in [0, 0.05) is 26.2 Å². The highest BCUT2D eigenvalue weighted by atomic mass is 15.0. The first-order valence-corrected chi connectivity index (χ1v) is 3.40. The highest BCUT2D eigenvalue weighted by Crippen LogP contribution is 1.65. The third kappa shape index (κ3) is 7.66. The maximum absolute atomic E-state index is 3.36. The lowest BCUT2D eigenvalue weighted by molar-refractivity contribution is 0.534. The summed E-state index contributed by atoms with van der Waals surface area (Å²) in [6.07, 6.45) is 1.75. The van der Waals surface area contributed by atoms with Crippen LogP contribution in [0, 0.1) is 0 Å². The molecule has 1 heterocycles. The zero-order valence-corrected chi connectivity index (χ0v) is 6.11. The van der Waals surface area contributed by atoms with Crippen LogP contribution < -0.4 is 10.6 Å². The van der Waals surface area contributed by atoms with Crippen molar-refractivity contribution in [3.05, 3.63) is 12.7 Å². The minimum absolute atomic E-state index is 1.14. The van der Waals surface area contributed by atoms with E-state index >= 15 is 0 Å². The molecule has 0 amide bonds. The van der Waals surface area contributed by atoms with Crippen LogP contribution in [0.1, 0.15) is 6.92 Å². The normalized spacial score (nSPS) is 17.4. The molecule has 0 spiro atoms. The summed E-state index contributed by atoms with van der Waals surface area (Å²) in [7, 11) is 0. The number of nitrogens with one attached hydrogen (secondary N) is 2. The van der Waals surface area contributed by atoms with E-state index in [1.807, 2.05) is 6.92 Å². The maximum atomic E-state index is 3.36. The molecule has 2 nitrogen and oxygen atoms in total. The Morgan fingerprint density at radius 2 is 1.33 bits per heavy atom. The van der Waals surface area contributed by atoms with E-state index in [0.717, 1.165) is 26.2 Å². The molecule has 0 aromatic heterocycles. The molecular weight excluding hydrogens is 112 g/mol. The van der Waals surface area contributed by atoms with Crippen molar-refractivity contribution in [1.29, 1.82) is 0 Å². The van der Waals surface area contributed by atoms with Gasteiger partial charge in [0.05, 0.1) is 0 Å². The molecule has 0 radical (unpaired) electrons. The number of hydrogen-bond acceptors (Lipinski definition) is 2. The van der Waals surface area contributed by atoms with Crippen LogP contribution in [0.3, 0.4) is 0 Å². The van der Waals surface area contributed by atoms with Gasteiger partial charge in [0.15, 0.2) is 0 Å². The van der Waals surface area contributed by atoms with E-state index in [-0.39, 0.29) is 0 Å². The molecule has 1 aliphatic heterocycles. The maximum Gasteiger partial charge on any atom is 0.00772 e. The predicted octanol–water partition coefficient (Wildman–Crippen LogP) is 0.371. The second-order valence-electron chi connectivity index (χ2n) is 1.91. The molecule has 0 aromatic rings. The minimum Gasteiger partial charge on any atom is -0.314 e. The van der Waals surface area contributed by atoms with Gasteiger partial charge < -0.3 is 10.6 Å². The average molecular weight is 128 g/mol. The monoisotopic (exact) mass is 128 g/mol. The molecule has 0 aromatic carbocycles. The Morgan fingerprint density at radius 3 is 1.44 bits per heavy atom. The highest BCUT2D eigenvalue weighted by Gasteiger charge is 1.91. The van der Waals surface area contributed by atoms with E-state index in [4.69, 9.17) is 0 Å². The summed E-state index contributed by atoms with van der Waals surface area (Å²) in [5, 5.41) is 6.44. The van der Waals surface area contributed by atoms with Gasteiger partial charge >= 0.3 is 0 Å². The van der Waals surface area contributed by atoms with E-state index in [1.54, 1.807) is 6.08 Å². The minimum atomic E-state index is 1.14. The summed E-state index contributed by atoms with van der Waals surface area (Å²) >= 11 is 0. The highest BCUT2D eigenvalue weighted by molar-refractivity contribution is 4.59. The standard InChI is InChI=1S/C4H10N2.C3H6/c1-2-6-4-3-5-1;1-3-2/h5-6H,1-4H2;3H,1H2,2H3. The van der Waals surface area contributed by atoms with Crippen molar-refractivity contribution in [2.75, 3.05) is 26.2 Å². The summed E-state index contributed by atoms with van der Waals surface area (Å²) in [6, 6.07) is 0. The number of allylic oxidation sites excluding steroid dienone is 1. The van der Waals surface area contributed by atoms with Crippen molar-refractivity contribution in [3.63, 3.8) is 0 Å². The molecule has 0 bridgehead atoms. The zero-order chi connectivity index (χ0) is 6.95. The van der Waals surface area contributed by atoms with Crippen LogP contribution in [0.15, 0.2) is 12.7 Å². The molecular formula is C7H16N2. The van der Waals surface area contributed by atoms with Crippen LogP contribution in [0.5, 0.6) is 0 Å². The molecule has 54 valence electrons. The number of rotatable bonds is 0. The van der Waals surface area contributed by atoms with Crippen molar-refractivity contribution in [3.8, 4) is 0 Å². The first-order chi connectivity index (χ1) is 4.41. The average Bonchev–Trinajstić information content (AvgIpc) is 1.93. The van der Waals surface area contributed by atoms with Gasteiger partial charge in [0.2, 0.25) is 0 Å². The van der Waals surface area contributed by atoms with Gasteiger partial charge in [-0.3, -0.25) is 0 Å². The van der Waals surface area contributed by atoms with Gasteiger partial charge in [-0.1, -0.05) is 6.08 Å². The summed E-state index contributed by atoms with van der Waals surface area (Å²) < 4.78 is 0. The summed E-state index contributed by atoms with van der Waals surface area (Å²) in [4.78, 5) is 0. The largest absolute Gasteiger partial charge is 0.314 e.